The number of hydrogen-bond donors (Lipinski definition) is 0. The number of thiazole rings is 1. The zero-order valence-corrected chi connectivity index (χ0v) is 13.5. The van der Waals surface area contributed by atoms with E-state index in [1.165, 1.54) is 11.3 Å². The molecule has 1 heterocycles. The summed E-state index contributed by atoms with van der Waals surface area (Å²) in [5, 5.41) is 0. The van der Waals surface area contributed by atoms with Crippen molar-refractivity contribution in [1.29, 1.82) is 0 Å². The normalized spacial score (nSPS) is 14.2. The second-order valence-electron chi connectivity index (χ2n) is 5.47. The molecule has 2 rings (SSSR count). The molecule has 0 saturated heterocycles. The number of para-hydroxylation sites is 1. The first-order chi connectivity index (χ1) is 8.93. The Morgan fingerprint density at radius 2 is 2.00 bits per heavy atom. The third kappa shape index (κ3) is 3.22. The predicted molar refractivity (Wildman–Crippen MR) is 82.8 cm³/mol. The topological polar surface area (TPSA) is 33.2 Å². The molecule has 1 unspecified atom stereocenters. The largest absolute Gasteiger partial charge is 0.235 e. The van der Waals surface area contributed by atoms with Gasteiger partial charge in [0, 0.05) is 12.1 Å². The lowest BCUT2D eigenvalue weighted by atomic mass is 10.1. The zero-order chi connectivity index (χ0) is 14.0. The summed E-state index contributed by atoms with van der Waals surface area (Å²) in [6.07, 6.45) is 0.980. The van der Waals surface area contributed by atoms with Gasteiger partial charge in [-0.2, -0.15) is 0 Å². The molecule has 0 spiro atoms. The molecule has 104 valence electrons. The molecule has 1 aromatic carbocycles. The summed E-state index contributed by atoms with van der Waals surface area (Å²) in [5.41, 5.74) is 0.805. The van der Waals surface area contributed by atoms with Gasteiger partial charge in [0.15, 0.2) is 15.3 Å². The Morgan fingerprint density at radius 1 is 1.32 bits per heavy atom. The molecule has 0 N–H and O–H groups in total. The average molecular weight is 296 g/mol. The molecule has 0 aliphatic rings. The van der Waals surface area contributed by atoms with Crippen molar-refractivity contribution in [2.45, 2.75) is 44.0 Å². The minimum Gasteiger partial charge on any atom is -0.235 e. The molecule has 0 fully saturated rings. The van der Waals surface area contributed by atoms with E-state index in [4.69, 9.17) is 0 Å². The molecule has 0 radical (unpaired) electrons. The molecular formula is C14H20N2OS2. The van der Waals surface area contributed by atoms with Gasteiger partial charge in [0.25, 0.3) is 0 Å². The van der Waals surface area contributed by atoms with Gasteiger partial charge >= 0.3 is 0 Å². The quantitative estimate of drug-likeness (QED) is 0.859. The summed E-state index contributed by atoms with van der Waals surface area (Å²) in [4.78, 5) is 4.51. The first-order valence-electron chi connectivity index (χ1n) is 6.48. The molecule has 19 heavy (non-hydrogen) atoms. The molecule has 5 heteroatoms. The predicted octanol–water partition coefficient (Wildman–Crippen LogP) is 3.83. The fourth-order valence-corrected chi connectivity index (χ4v) is 4.62. The summed E-state index contributed by atoms with van der Waals surface area (Å²) in [7, 11) is -1.18. The number of nitrogens with zero attached hydrogens (tertiary/aromatic N) is 2. The molecule has 3 nitrogen and oxygen atoms in total. The first kappa shape index (κ1) is 14.6. The van der Waals surface area contributed by atoms with Crippen molar-refractivity contribution in [3.63, 3.8) is 0 Å². The van der Waals surface area contributed by atoms with Crippen LogP contribution in [0, 0.1) is 0 Å². The summed E-state index contributed by atoms with van der Waals surface area (Å²) >= 11 is 1.52. The van der Waals surface area contributed by atoms with Gasteiger partial charge < -0.3 is 0 Å². The minimum atomic E-state index is -1.18. The van der Waals surface area contributed by atoms with E-state index >= 15 is 0 Å². The number of benzene rings is 1. The van der Waals surface area contributed by atoms with Gasteiger partial charge in [0.05, 0.1) is 10.2 Å². The van der Waals surface area contributed by atoms with E-state index in [-0.39, 0.29) is 5.54 Å². The summed E-state index contributed by atoms with van der Waals surface area (Å²) < 4.78 is 16.5. The van der Waals surface area contributed by atoms with Crippen LogP contribution in [0.3, 0.4) is 0 Å². The molecule has 0 bridgehead atoms. The SMILES string of the molecule is CCCN(S(=O)c1nc2ccccc2s1)C(C)(C)C. The summed E-state index contributed by atoms with van der Waals surface area (Å²) in [5.74, 6) is 0. The van der Waals surface area contributed by atoms with Gasteiger partial charge in [-0.15, -0.1) is 11.3 Å². The van der Waals surface area contributed by atoms with Crippen LogP contribution in [0.5, 0.6) is 0 Å². The van der Waals surface area contributed by atoms with Crippen molar-refractivity contribution in [2.24, 2.45) is 0 Å². The molecule has 0 amide bonds. The lowest BCUT2D eigenvalue weighted by Crippen LogP contribution is -2.42. The van der Waals surface area contributed by atoms with Crippen LogP contribution in [-0.2, 0) is 11.0 Å². The fraction of sp³-hybridized carbons (Fsp3) is 0.500. The summed E-state index contributed by atoms with van der Waals surface area (Å²) in [6.45, 7) is 9.19. The van der Waals surface area contributed by atoms with Crippen LogP contribution in [0.25, 0.3) is 10.2 Å². The highest BCUT2D eigenvalue weighted by atomic mass is 32.2. The number of hydrogen-bond acceptors (Lipinski definition) is 3. The van der Waals surface area contributed by atoms with Crippen LogP contribution in [0.15, 0.2) is 28.6 Å². The van der Waals surface area contributed by atoms with Crippen LogP contribution in [0.1, 0.15) is 34.1 Å². The van der Waals surface area contributed by atoms with Crippen LogP contribution in [0.2, 0.25) is 0 Å². The van der Waals surface area contributed by atoms with Crippen molar-refractivity contribution in [3.8, 4) is 0 Å². The highest BCUT2D eigenvalue weighted by Gasteiger charge is 2.28. The third-order valence-electron chi connectivity index (χ3n) is 2.80. The Labute approximate surface area is 121 Å². The van der Waals surface area contributed by atoms with E-state index in [1.54, 1.807) is 0 Å². The van der Waals surface area contributed by atoms with Gasteiger partial charge in [-0.05, 0) is 39.3 Å². The molecule has 1 atom stereocenters. The molecule has 1 aromatic heterocycles. The van der Waals surface area contributed by atoms with Gasteiger partial charge in [-0.1, -0.05) is 19.1 Å². The number of rotatable bonds is 4. The molecule has 2 aromatic rings. The van der Waals surface area contributed by atoms with Gasteiger partial charge in [-0.3, -0.25) is 0 Å². The lowest BCUT2D eigenvalue weighted by Gasteiger charge is -2.32. The van der Waals surface area contributed by atoms with Crippen molar-refractivity contribution in [1.82, 2.24) is 9.29 Å². The second kappa shape index (κ2) is 5.69. The standard InChI is InChI=1S/C14H20N2OS2/c1-5-10-16(14(2,3)4)19(17)13-15-11-8-6-7-9-12(11)18-13/h6-9H,5,10H2,1-4H3. The number of fused-ring (bicyclic) bond motifs is 1. The minimum absolute atomic E-state index is 0.126. The fourth-order valence-electron chi connectivity index (χ4n) is 1.89. The Hall–Kier alpha value is -0.780. The third-order valence-corrected chi connectivity index (χ3v) is 5.83. The monoisotopic (exact) mass is 296 g/mol. The van der Waals surface area contributed by atoms with Gasteiger partial charge in [0.1, 0.15) is 0 Å². The van der Waals surface area contributed by atoms with E-state index in [0.717, 1.165) is 23.2 Å². The van der Waals surface area contributed by atoms with Gasteiger partial charge in [-0.25, -0.2) is 13.5 Å². The van der Waals surface area contributed by atoms with Crippen molar-refractivity contribution in [3.05, 3.63) is 24.3 Å². The smallest absolute Gasteiger partial charge is 0.197 e. The first-order valence-corrected chi connectivity index (χ1v) is 8.41. The van der Waals surface area contributed by atoms with Crippen LogP contribution in [0.4, 0.5) is 0 Å². The molecule has 0 aliphatic heterocycles. The Bertz CT molecular complexity index is 553. The Morgan fingerprint density at radius 3 is 2.58 bits per heavy atom. The average Bonchev–Trinajstić information content (AvgIpc) is 2.77. The van der Waals surface area contributed by atoms with Crippen LogP contribution >= 0.6 is 11.3 Å². The Balaban J connectivity index is 2.36. The van der Waals surface area contributed by atoms with E-state index in [9.17, 15) is 4.21 Å². The lowest BCUT2D eigenvalue weighted by molar-refractivity contribution is 0.262. The maximum atomic E-state index is 12.7. The maximum absolute atomic E-state index is 12.7. The van der Waals surface area contributed by atoms with E-state index < -0.39 is 11.0 Å². The van der Waals surface area contributed by atoms with Crippen molar-refractivity contribution in [2.75, 3.05) is 6.54 Å². The van der Waals surface area contributed by atoms with Crippen LogP contribution < -0.4 is 0 Å². The van der Waals surface area contributed by atoms with E-state index in [0.29, 0.717) is 4.34 Å². The maximum Gasteiger partial charge on any atom is 0.197 e. The summed E-state index contributed by atoms with van der Waals surface area (Å²) in [6, 6.07) is 7.94. The highest BCUT2D eigenvalue weighted by molar-refractivity contribution is 7.85. The van der Waals surface area contributed by atoms with Crippen LogP contribution in [-0.4, -0.2) is 25.6 Å². The number of aromatic nitrogens is 1. The highest BCUT2D eigenvalue weighted by Crippen LogP contribution is 2.28. The van der Waals surface area contributed by atoms with E-state index in [2.05, 4.69) is 32.7 Å². The van der Waals surface area contributed by atoms with E-state index in [1.807, 2.05) is 28.6 Å². The zero-order valence-electron chi connectivity index (χ0n) is 11.8. The molecular weight excluding hydrogens is 276 g/mol. The molecule has 0 aliphatic carbocycles. The van der Waals surface area contributed by atoms with Crippen molar-refractivity contribution >= 4 is 32.5 Å². The second-order valence-corrected chi connectivity index (χ2v) is 8.08. The Kier molecular flexibility index (Phi) is 4.38. The van der Waals surface area contributed by atoms with Crippen molar-refractivity contribution < 1.29 is 4.21 Å². The molecule has 0 saturated carbocycles. The van der Waals surface area contributed by atoms with Gasteiger partial charge in [0.2, 0.25) is 0 Å².